The Morgan fingerprint density at radius 2 is 1.50 bits per heavy atom. The number of hydrogen-bond donors (Lipinski definition) is 3. The van der Waals surface area contributed by atoms with Gasteiger partial charge in [-0.25, -0.2) is 10.4 Å². The molecule has 6 rings (SSSR count). The number of hydrogen-bond acceptors (Lipinski definition) is 8. The number of hydrazine groups is 1. The molecule has 1 heterocycles. The molecule has 0 bridgehead atoms. The van der Waals surface area contributed by atoms with Crippen molar-refractivity contribution in [2.75, 3.05) is 13.2 Å². The zero-order chi connectivity index (χ0) is 33.7. The molecule has 0 aromatic heterocycles. The van der Waals surface area contributed by atoms with Gasteiger partial charge in [-0.15, -0.1) is 0 Å². The topological polar surface area (TPSA) is 118 Å². The van der Waals surface area contributed by atoms with Crippen molar-refractivity contribution in [1.82, 2.24) is 10.9 Å². The van der Waals surface area contributed by atoms with E-state index in [1.165, 1.54) is 0 Å². The average molecular weight is 648 g/mol. The second-order valence-corrected chi connectivity index (χ2v) is 13.0. The van der Waals surface area contributed by atoms with Crippen LogP contribution in [0.2, 0.25) is 0 Å². The Bertz CT molecular complexity index is 1740. The van der Waals surface area contributed by atoms with Crippen molar-refractivity contribution in [2.45, 2.75) is 63.3 Å². The van der Waals surface area contributed by atoms with Crippen LogP contribution in [0.25, 0.3) is 11.1 Å². The lowest BCUT2D eigenvalue weighted by atomic mass is 9.83. The number of benzene rings is 4. The van der Waals surface area contributed by atoms with Gasteiger partial charge in [0.15, 0.2) is 11.6 Å². The van der Waals surface area contributed by atoms with Crippen molar-refractivity contribution in [3.63, 3.8) is 0 Å². The lowest BCUT2D eigenvalue weighted by Gasteiger charge is -2.31. The van der Waals surface area contributed by atoms with Crippen molar-refractivity contribution < 1.29 is 28.9 Å². The molecule has 1 aliphatic heterocycles. The molecule has 9 heteroatoms. The number of nitrogens with one attached hydrogen (secondary N) is 2. The number of esters is 1. The Morgan fingerprint density at radius 3 is 2.12 bits per heavy atom. The monoisotopic (exact) mass is 647 g/mol. The molecule has 3 N–H and O–H groups in total. The first-order valence-corrected chi connectivity index (χ1v) is 16.3. The summed E-state index contributed by atoms with van der Waals surface area (Å²) >= 11 is 0. The quantitative estimate of drug-likeness (QED) is 0.0950. The second kappa shape index (κ2) is 14.0. The van der Waals surface area contributed by atoms with Gasteiger partial charge >= 0.3 is 5.97 Å². The smallest absolute Gasteiger partial charge is 0.306 e. The van der Waals surface area contributed by atoms with Gasteiger partial charge < -0.3 is 19.3 Å². The summed E-state index contributed by atoms with van der Waals surface area (Å²) in [5, 5.41) is 9.09. The number of ether oxygens (including phenoxy) is 3. The molecule has 0 spiro atoms. The third-order valence-corrected chi connectivity index (χ3v) is 8.43. The van der Waals surface area contributed by atoms with E-state index < -0.39 is 29.1 Å². The Labute approximate surface area is 280 Å². The molecule has 0 unspecified atom stereocenters. The van der Waals surface area contributed by atoms with Gasteiger partial charge in [-0.3, -0.25) is 15.0 Å². The average Bonchev–Trinajstić information content (AvgIpc) is 3.64. The molecular formula is C39H41N3O6. The van der Waals surface area contributed by atoms with Crippen molar-refractivity contribution in [2.24, 2.45) is 4.99 Å². The standard InChI is InChI=1S/C39H41N3O6/c1-38(2,3)48-33(44)22-23-39(37(45)42-41-34-31-16-9-7-14-29(31)30-15-8-10-17-32(30)34)35(26-12-5-4-6-13-26)47-36(40-39)27-18-20-28(21-19-27)46-25-11-24-43/h4-10,12-21,34-35,41,43H,11,22-25H2,1-3H3,(H,42,45)/t35-,39-/m0/s1. The number of rotatable bonds is 12. The van der Waals surface area contributed by atoms with Gasteiger partial charge in [-0.2, -0.15) is 0 Å². The molecule has 9 nitrogen and oxygen atoms in total. The molecule has 0 saturated heterocycles. The second-order valence-electron chi connectivity index (χ2n) is 13.0. The highest BCUT2D eigenvalue weighted by Gasteiger charge is 2.53. The van der Waals surface area contributed by atoms with Gasteiger partial charge in [0, 0.05) is 25.0 Å². The van der Waals surface area contributed by atoms with Crippen LogP contribution in [0.5, 0.6) is 5.75 Å². The predicted octanol–water partition coefficient (Wildman–Crippen LogP) is 6.22. The molecule has 4 aromatic rings. The highest BCUT2D eigenvalue weighted by Crippen LogP contribution is 2.45. The lowest BCUT2D eigenvalue weighted by Crippen LogP contribution is -2.53. The number of aliphatic hydroxyl groups excluding tert-OH is 1. The van der Waals surface area contributed by atoms with E-state index in [0.29, 0.717) is 24.3 Å². The van der Waals surface area contributed by atoms with Gasteiger partial charge in [0.25, 0.3) is 5.91 Å². The number of carbonyl (C=O) groups excluding carboxylic acids is 2. The van der Waals surface area contributed by atoms with E-state index in [-0.39, 0.29) is 31.4 Å². The zero-order valence-corrected chi connectivity index (χ0v) is 27.4. The summed E-state index contributed by atoms with van der Waals surface area (Å²) in [4.78, 5) is 32.7. The molecule has 248 valence electrons. The summed E-state index contributed by atoms with van der Waals surface area (Å²) < 4.78 is 17.9. The zero-order valence-electron chi connectivity index (χ0n) is 27.4. The minimum atomic E-state index is -1.52. The Hall–Kier alpha value is -4.99. The molecular weight excluding hydrogens is 606 g/mol. The largest absolute Gasteiger partial charge is 0.494 e. The number of amides is 1. The van der Waals surface area contributed by atoms with Crippen molar-refractivity contribution in [3.8, 4) is 16.9 Å². The molecule has 0 saturated carbocycles. The van der Waals surface area contributed by atoms with Crippen LogP contribution in [0, 0.1) is 0 Å². The summed E-state index contributed by atoms with van der Waals surface area (Å²) in [5.41, 5.74) is 9.82. The van der Waals surface area contributed by atoms with E-state index in [0.717, 1.165) is 27.8 Å². The summed E-state index contributed by atoms with van der Waals surface area (Å²) in [6.07, 6.45) is -0.321. The van der Waals surface area contributed by atoms with Gasteiger partial charge in [-0.05, 0) is 79.3 Å². The fourth-order valence-corrected chi connectivity index (χ4v) is 6.24. The molecule has 4 aromatic carbocycles. The number of aliphatic hydroxyl groups is 1. The van der Waals surface area contributed by atoms with Crippen LogP contribution in [-0.4, -0.2) is 47.2 Å². The molecule has 0 fully saturated rings. The summed E-state index contributed by atoms with van der Waals surface area (Å²) in [5.74, 6) is 0.0594. The van der Waals surface area contributed by atoms with Gasteiger partial charge in [-0.1, -0.05) is 78.9 Å². The Balaban J connectivity index is 1.35. The lowest BCUT2D eigenvalue weighted by molar-refractivity contribution is -0.155. The van der Waals surface area contributed by atoms with E-state index in [4.69, 9.17) is 24.3 Å². The van der Waals surface area contributed by atoms with E-state index >= 15 is 0 Å². The predicted molar refractivity (Wildman–Crippen MR) is 183 cm³/mol. The molecule has 1 aliphatic carbocycles. The SMILES string of the molecule is CC(C)(C)OC(=O)CC[C@]1(C(=O)NNC2c3ccccc3-c3ccccc32)N=C(c2ccc(OCCCO)cc2)O[C@H]1c1ccccc1. The fraction of sp³-hybridized carbons (Fsp3) is 0.308. The fourth-order valence-electron chi connectivity index (χ4n) is 6.24. The number of aliphatic imine (C=N–C) groups is 1. The first kappa shape index (κ1) is 32.9. The Morgan fingerprint density at radius 1 is 0.875 bits per heavy atom. The number of nitrogens with zero attached hydrogens (tertiary/aromatic N) is 1. The van der Waals surface area contributed by atoms with Crippen LogP contribution < -0.4 is 15.6 Å². The van der Waals surface area contributed by atoms with Crippen LogP contribution in [0.4, 0.5) is 0 Å². The van der Waals surface area contributed by atoms with Crippen molar-refractivity contribution in [3.05, 3.63) is 125 Å². The van der Waals surface area contributed by atoms with E-state index in [1.54, 1.807) is 12.1 Å². The summed E-state index contributed by atoms with van der Waals surface area (Å²) in [6, 6.07) is 32.7. The molecule has 1 amide bonds. The van der Waals surface area contributed by atoms with E-state index in [1.807, 2.05) is 87.5 Å². The highest BCUT2D eigenvalue weighted by molar-refractivity contribution is 6.01. The van der Waals surface area contributed by atoms with Crippen LogP contribution in [0.15, 0.2) is 108 Å². The van der Waals surface area contributed by atoms with E-state index in [9.17, 15) is 9.59 Å². The highest BCUT2D eigenvalue weighted by atomic mass is 16.6. The molecule has 0 radical (unpaired) electrons. The first-order valence-electron chi connectivity index (χ1n) is 16.3. The minimum absolute atomic E-state index is 0.0404. The third kappa shape index (κ3) is 6.98. The normalized spacial score (nSPS) is 18.3. The van der Waals surface area contributed by atoms with Crippen LogP contribution in [0.1, 0.15) is 74.4 Å². The van der Waals surface area contributed by atoms with Crippen molar-refractivity contribution >= 4 is 17.8 Å². The minimum Gasteiger partial charge on any atom is -0.494 e. The summed E-state index contributed by atoms with van der Waals surface area (Å²) in [6.45, 7) is 5.88. The maximum absolute atomic E-state index is 14.7. The first-order chi connectivity index (χ1) is 23.2. The van der Waals surface area contributed by atoms with Gasteiger partial charge in [0.1, 0.15) is 11.4 Å². The third-order valence-electron chi connectivity index (χ3n) is 8.43. The van der Waals surface area contributed by atoms with Crippen LogP contribution in [-0.2, 0) is 19.1 Å². The van der Waals surface area contributed by atoms with Crippen molar-refractivity contribution in [1.29, 1.82) is 0 Å². The van der Waals surface area contributed by atoms with E-state index in [2.05, 4.69) is 35.1 Å². The molecule has 2 atom stereocenters. The van der Waals surface area contributed by atoms with Gasteiger partial charge in [0.2, 0.25) is 5.90 Å². The van der Waals surface area contributed by atoms with Crippen LogP contribution >= 0.6 is 0 Å². The molecule has 2 aliphatic rings. The number of fused-ring (bicyclic) bond motifs is 3. The van der Waals surface area contributed by atoms with Crippen LogP contribution in [0.3, 0.4) is 0 Å². The number of carbonyl (C=O) groups is 2. The molecule has 48 heavy (non-hydrogen) atoms. The summed E-state index contributed by atoms with van der Waals surface area (Å²) in [7, 11) is 0. The Kier molecular flexibility index (Phi) is 9.61. The maximum atomic E-state index is 14.7. The maximum Gasteiger partial charge on any atom is 0.306 e. The van der Waals surface area contributed by atoms with Gasteiger partial charge in [0.05, 0.1) is 12.6 Å².